The van der Waals surface area contributed by atoms with E-state index in [0.717, 1.165) is 43.9 Å². The van der Waals surface area contributed by atoms with E-state index in [1.165, 1.54) is 17.7 Å². The van der Waals surface area contributed by atoms with Gasteiger partial charge in [-0.25, -0.2) is 15.0 Å². The Kier molecular flexibility index (Phi) is 3.16. The van der Waals surface area contributed by atoms with Crippen LogP contribution in [0.2, 0.25) is 0 Å². The Morgan fingerprint density at radius 1 is 1.17 bits per heavy atom. The van der Waals surface area contributed by atoms with E-state index in [4.69, 9.17) is 0 Å². The fourth-order valence-corrected chi connectivity index (χ4v) is 2.33. The molecule has 0 spiro atoms. The molecule has 2 heterocycles. The van der Waals surface area contributed by atoms with Crippen LogP contribution in [-0.2, 0) is 19.3 Å². The highest BCUT2D eigenvalue weighted by molar-refractivity contribution is 5.47. The summed E-state index contributed by atoms with van der Waals surface area (Å²) >= 11 is 0. The molecule has 6 heteroatoms. The van der Waals surface area contributed by atoms with Crippen molar-refractivity contribution in [3.8, 4) is 0 Å². The van der Waals surface area contributed by atoms with Gasteiger partial charge in [-0.05, 0) is 25.7 Å². The van der Waals surface area contributed by atoms with Crippen LogP contribution in [0.3, 0.4) is 0 Å². The van der Waals surface area contributed by atoms with E-state index in [9.17, 15) is 0 Å². The molecule has 94 valence electrons. The lowest BCUT2D eigenvalue weighted by Crippen LogP contribution is -2.08. The average Bonchev–Trinajstić information content (AvgIpc) is 3.05. The van der Waals surface area contributed by atoms with E-state index in [1.54, 1.807) is 12.7 Å². The molecular formula is C12H16N6. The molecule has 0 saturated carbocycles. The Morgan fingerprint density at radius 2 is 2.17 bits per heavy atom. The van der Waals surface area contributed by atoms with Crippen LogP contribution in [0.5, 0.6) is 0 Å². The number of nitrogens with zero attached hydrogens (tertiary/aromatic N) is 4. The first-order chi connectivity index (χ1) is 8.93. The molecule has 0 aromatic carbocycles. The number of aryl methyl sites for hydroxylation is 2. The zero-order valence-electron chi connectivity index (χ0n) is 10.2. The minimum atomic E-state index is 0.893. The summed E-state index contributed by atoms with van der Waals surface area (Å²) in [5, 5.41) is 10.1. The number of aromatic nitrogens is 5. The zero-order valence-corrected chi connectivity index (χ0v) is 10.2. The molecule has 3 rings (SSSR count). The molecule has 0 bridgehead atoms. The average molecular weight is 244 g/mol. The van der Waals surface area contributed by atoms with Crippen LogP contribution in [0, 0.1) is 0 Å². The van der Waals surface area contributed by atoms with Gasteiger partial charge >= 0.3 is 0 Å². The molecule has 0 radical (unpaired) electrons. The van der Waals surface area contributed by atoms with Crippen molar-refractivity contribution in [2.24, 2.45) is 0 Å². The Balaban J connectivity index is 1.53. The predicted octanol–water partition coefficient (Wildman–Crippen LogP) is 1.13. The van der Waals surface area contributed by atoms with Crippen molar-refractivity contribution < 1.29 is 0 Å². The highest BCUT2D eigenvalue weighted by atomic mass is 15.2. The molecule has 2 aromatic heterocycles. The summed E-state index contributed by atoms with van der Waals surface area (Å²) in [5.74, 6) is 1.94. The highest BCUT2D eigenvalue weighted by Crippen LogP contribution is 2.24. The number of hydrogen-bond acceptors (Lipinski definition) is 5. The molecule has 0 amide bonds. The first-order valence-electron chi connectivity index (χ1n) is 6.34. The first kappa shape index (κ1) is 11.1. The van der Waals surface area contributed by atoms with Crippen molar-refractivity contribution >= 4 is 5.82 Å². The van der Waals surface area contributed by atoms with Crippen molar-refractivity contribution in [1.29, 1.82) is 0 Å². The molecule has 6 nitrogen and oxygen atoms in total. The molecule has 0 fully saturated rings. The number of fused-ring (bicyclic) bond motifs is 1. The largest absolute Gasteiger partial charge is 0.370 e. The summed E-state index contributed by atoms with van der Waals surface area (Å²) in [6, 6.07) is 0. The van der Waals surface area contributed by atoms with Crippen molar-refractivity contribution in [2.45, 2.75) is 32.1 Å². The molecule has 18 heavy (non-hydrogen) atoms. The van der Waals surface area contributed by atoms with E-state index in [2.05, 4.69) is 30.5 Å². The second-order valence-corrected chi connectivity index (χ2v) is 4.46. The third-order valence-electron chi connectivity index (χ3n) is 3.22. The standard InChI is InChI=1S/C12H16N6/c1-3-9-10(4-1)14-7-16-12(9)13-6-2-5-11-15-8-17-18-11/h7-8H,1-6H2,(H,13,14,16)(H,15,17,18). The topological polar surface area (TPSA) is 79.4 Å². The van der Waals surface area contributed by atoms with Gasteiger partial charge in [0, 0.05) is 24.2 Å². The lowest BCUT2D eigenvalue weighted by Gasteiger charge is -2.08. The van der Waals surface area contributed by atoms with Crippen LogP contribution >= 0.6 is 0 Å². The molecular weight excluding hydrogens is 228 g/mol. The number of aromatic amines is 1. The number of nitrogens with one attached hydrogen (secondary N) is 2. The van der Waals surface area contributed by atoms with Crippen molar-refractivity contribution in [2.75, 3.05) is 11.9 Å². The molecule has 0 atom stereocenters. The maximum atomic E-state index is 4.33. The summed E-state index contributed by atoms with van der Waals surface area (Å²) < 4.78 is 0. The number of rotatable bonds is 5. The lowest BCUT2D eigenvalue weighted by atomic mass is 10.2. The summed E-state index contributed by atoms with van der Waals surface area (Å²) in [7, 11) is 0. The van der Waals surface area contributed by atoms with Gasteiger partial charge in [0.2, 0.25) is 0 Å². The van der Waals surface area contributed by atoms with Crippen molar-refractivity contribution in [3.63, 3.8) is 0 Å². The van der Waals surface area contributed by atoms with Gasteiger partial charge in [-0.2, -0.15) is 5.10 Å². The molecule has 2 N–H and O–H groups in total. The van der Waals surface area contributed by atoms with Gasteiger partial charge in [-0.1, -0.05) is 0 Å². The van der Waals surface area contributed by atoms with Crippen molar-refractivity contribution in [1.82, 2.24) is 25.1 Å². The van der Waals surface area contributed by atoms with Crippen LogP contribution in [0.15, 0.2) is 12.7 Å². The van der Waals surface area contributed by atoms with Gasteiger partial charge in [0.25, 0.3) is 0 Å². The predicted molar refractivity (Wildman–Crippen MR) is 67.3 cm³/mol. The summed E-state index contributed by atoms with van der Waals surface area (Å²) in [4.78, 5) is 12.7. The Hall–Kier alpha value is -1.98. The zero-order chi connectivity index (χ0) is 12.2. The van der Waals surface area contributed by atoms with Crippen molar-refractivity contribution in [3.05, 3.63) is 29.7 Å². The van der Waals surface area contributed by atoms with Gasteiger partial charge in [0.1, 0.15) is 24.3 Å². The lowest BCUT2D eigenvalue weighted by molar-refractivity contribution is 0.801. The molecule has 2 aromatic rings. The third-order valence-corrected chi connectivity index (χ3v) is 3.22. The monoisotopic (exact) mass is 244 g/mol. The normalized spacial score (nSPS) is 13.6. The summed E-state index contributed by atoms with van der Waals surface area (Å²) in [6.07, 6.45) is 8.49. The van der Waals surface area contributed by atoms with Crippen LogP contribution in [0.25, 0.3) is 0 Å². The third kappa shape index (κ3) is 2.32. The maximum Gasteiger partial charge on any atom is 0.137 e. The first-order valence-corrected chi connectivity index (χ1v) is 6.34. The van der Waals surface area contributed by atoms with Gasteiger partial charge < -0.3 is 5.32 Å². The van der Waals surface area contributed by atoms with Gasteiger partial charge in [-0.3, -0.25) is 5.10 Å². The van der Waals surface area contributed by atoms with Crippen LogP contribution < -0.4 is 5.32 Å². The maximum absolute atomic E-state index is 4.33. The molecule has 1 aliphatic carbocycles. The van der Waals surface area contributed by atoms with Gasteiger partial charge in [-0.15, -0.1) is 0 Å². The minimum absolute atomic E-state index is 0.893. The number of H-pyrrole nitrogens is 1. The quantitative estimate of drug-likeness (QED) is 0.771. The SMILES string of the molecule is c1n[nH]c(CCCNc2ncnc3c2CCC3)n1. The molecule has 1 aliphatic rings. The van der Waals surface area contributed by atoms with Crippen LogP contribution in [0.4, 0.5) is 5.82 Å². The fraction of sp³-hybridized carbons (Fsp3) is 0.500. The second kappa shape index (κ2) is 5.12. The van der Waals surface area contributed by atoms with E-state index in [1.807, 2.05) is 0 Å². The van der Waals surface area contributed by atoms with Crippen LogP contribution in [-0.4, -0.2) is 31.7 Å². The summed E-state index contributed by atoms with van der Waals surface area (Å²) in [5.41, 5.74) is 2.51. The molecule has 0 aliphatic heterocycles. The molecule has 0 saturated heterocycles. The summed E-state index contributed by atoms with van der Waals surface area (Å²) in [6.45, 7) is 0.893. The Morgan fingerprint density at radius 3 is 3.06 bits per heavy atom. The van der Waals surface area contributed by atoms with E-state index < -0.39 is 0 Å². The minimum Gasteiger partial charge on any atom is -0.370 e. The fourth-order valence-electron chi connectivity index (χ4n) is 2.33. The number of anilines is 1. The Labute approximate surface area is 105 Å². The van der Waals surface area contributed by atoms with E-state index >= 15 is 0 Å². The number of hydrogen-bond donors (Lipinski definition) is 2. The van der Waals surface area contributed by atoms with E-state index in [0.29, 0.717) is 0 Å². The molecule has 0 unspecified atom stereocenters. The van der Waals surface area contributed by atoms with Gasteiger partial charge in [0.15, 0.2) is 0 Å². The smallest absolute Gasteiger partial charge is 0.137 e. The van der Waals surface area contributed by atoms with E-state index in [-0.39, 0.29) is 0 Å². The highest BCUT2D eigenvalue weighted by Gasteiger charge is 2.16. The second-order valence-electron chi connectivity index (χ2n) is 4.46. The Bertz CT molecular complexity index is 507. The van der Waals surface area contributed by atoms with Crippen LogP contribution in [0.1, 0.15) is 29.9 Å². The van der Waals surface area contributed by atoms with Gasteiger partial charge in [0.05, 0.1) is 0 Å².